The summed E-state index contributed by atoms with van der Waals surface area (Å²) in [6.45, 7) is 3.62. The Labute approximate surface area is 117 Å². The Hall–Kier alpha value is -1.62. The van der Waals surface area contributed by atoms with Crippen LogP contribution in [0.1, 0.15) is 37.0 Å². The lowest BCUT2D eigenvalue weighted by Crippen LogP contribution is -2.35. The van der Waals surface area contributed by atoms with Gasteiger partial charge < -0.3 is 10.1 Å². The third-order valence-corrected chi connectivity index (χ3v) is 2.74. The molecule has 1 N–H and O–H groups in total. The number of ether oxygens (including phenoxy) is 1. The van der Waals surface area contributed by atoms with Crippen LogP contribution in [0.3, 0.4) is 0 Å². The molecule has 0 spiro atoms. The Kier molecular flexibility index (Phi) is 6.29. The van der Waals surface area contributed by atoms with E-state index in [1.54, 1.807) is 6.07 Å². The average Bonchev–Trinajstić information content (AvgIpc) is 2.36. The van der Waals surface area contributed by atoms with Gasteiger partial charge in [0.1, 0.15) is 5.15 Å². The van der Waals surface area contributed by atoms with Crippen LogP contribution in [0.15, 0.2) is 18.3 Å². The molecule has 1 heterocycles. The number of hydrogen-bond acceptors (Lipinski definition) is 4. The lowest BCUT2D eigenvalue weighted by atomic mass is 10.2. The highest BCUT2D eigenvalue weighted by Crippen LogP contribution is 2.12. The van der Waals surface area contributed by atoms with Crippen LogP contribution in [0.25, 0.3) is 0 Å². The molecule has 1 aromatic heterocycles. The van der Waals surface area contributed by atoms with Crippen molar-refractivity contribution in [3.8, 4) is 0 Å². The summed E-state index contributed by atoms with van der Waals surface area (Å²) in [4.78, 5) is 26.9. The van der Waals surface area contributed by atoms with E-state index in [0.717, 1.165) is 12.8 Å². The van der Waals surface area contributed by atoms with Gasteiger partial charge in [-0.1, -0.05) is 24.9 Å². The lowest BCUT2D eigenvalue weighted by molar-refractivity contribution is -0.124. The van der Waals surface area contributed by atoms with E-state index < -0.39 is 5.97 Å². The smallest absolute Gasteiger partial charge is 0.341 e. The first kappa shape index (κ1) is 15.4. The fourth-order valence-corrected chi connectivity index (χ4v) is 1.77. The Balaban J connectivity index is 2.42. The van der Waals surface area contributed by atoms with Gasteiger partial charge in [0.15, 0.2) is 6.61 Å². The zero-order valence-corrected chi connectivity index (χ0v) is 11.7. The van der Waals surface area contributed by atoms with Crippen LogP contribution >= 0.6 is 11.6 Å². The first-order chi connectivity index (χ1) is 9.04. The largest absolute Gasteiger partial charge is 0.452 e. The molecule has 0 saturated carbocycles. The minimum Gasteiger partial charge on any atom is -0.452 e. The normalized spacial score (nSPS) is 11.7. The number of esters is 1. The molecule has 0 aliphatic heterocycles. The number of aromatic nitrogens is 1. The Morgan fingerprint density at radius 1 is 1.53 bits per heavy atom. The van der Waals surface area contributed by atoms with Crippen LogP contribution in [-0.4, -0.2) is 29.5 Å². The van der Waals surface area contributed by atoms with E-state index in [9.17, 15) is 9.59 Å². The maximum absolute atomic E-state index is 11.7. The molecule has 0 aliphatic rings. The summed E-state index contributed by atoms with van der Waals surface area (Å²) in [6.07, 6.45) is 3.33. The Morgan fingerprint density at radius 2 is 2.26 bits per heavy atom. The van der Waals surface area contributed by atoms with Gasteiger partial charge in [-0.25, -0.2) is 9.78 Å². The summed E-state index contributed by atoms with van der Waals surface area (Å²) < 4.78 is 4.87. The first-order valence-corrected chi connectivity index (χ1v) is 6.49. The van der Waals surface area contributed by atoms with Crippen molar-refractivity contribution in [3.63, 3.8) is 0 Å². The Morgan fingerprint density at radius 3 is 2.89 bits per heavy atom. The van der Waals surface area contributed by atoms with Crippen LogP contribution in [0, 0.1) is 0 Å². The van der Waals surface area contributed by atoms with Crippen molar-refractivity contribution in [2.24, 2.45) is 0 Å². The predicted molar refractivity (Wildman–Crippen MR) is 72.0 cm³/mol. The molecule has 0 aromatic carbocycles. The van der Waals surface area contributed by atoms with E-state index in [-0.39, 0.29) is 29.3 Å². The molecular formula is C13H17ClN2O3. The fourth-order valence-electron chi connectivity index (χ4n) is 1.57. The van der Waals surface area contributed by atoms with Crippen LogP contribution in [0.5, 0.6) is 0 Å². The molecule has 5 nitrogen and oxygen atoms in total. The van der Waals surface area contributed by atoms with E-state index in [1.807, 2.05) is 13.8 Å². The molecule has 6 heteroatoms. The standard InChI is InChI=1S/C13H17ClN2O3/c1-3-5-9(2)16-11(17)8-19-13(18)10-6-4-7-15-12(10)14/h4,6-7,9H,3,5,8H2,1-2H3,(H,16,17)/t9-/m1/s1. The van der Waals surface area contributed by atoms with E-state index in [0.29, 0.717) is 0 Å². The maximum atomic E-state index is 11.7. The molecule has 1 amide bonds. The highest BCUT2D eigenvalue weighted by molar-refractivity contribution is 6.32. The van der Waals surface area contributed by atoms with Crippen molar-refractivity contribution in [2.75, 3.05) is 6.61 Å². The molecule has 0 radical (unpaired) electrons. The number of rotatable bonds is 6. The van der Waals surface area contributed by atoms with Gasteiger partial charge in [-0.05, 0) is 25.5 Å². The van der Waals surface area contributed by atoms with Crippen LogP contribution in [0.2, 0.25) is 5.15 Å². The number of nitrogens with zero attached hydrogens (tertiary/aromatic N) is 1. The predicted octanol–water partition coefficient (Wildman–Crippen LogP) is 2.20. The summed E-state index contributed by atoms with van der Waals surface area (Å²) in [7, 11) is 0. The summed E-state index contributed by atoms with van der Waals surface area (Å²) in [5.74, 6) is -0.981. The average molecular weight is 285 g/mol. The molecule has 1 aromatic rings. The van der Waals surface area contributed by atoms with E-state index >= 15 is 0 Å². The minimum atomic E-state index is -0.656. The van der Waals surface area contributed by atoms with Gasteiger partial charge >= 0.3 is 5.97 Å². The number of amides is 1. The molecule has 0 fully saturated rings. The van der Waals surface area contributed by atoms with Crippen LogP contribution < -0.4 is 5.32 Å². The number of carbonyl (C=O) groups is 2. The fraction of sp³-hybridized carbons (Fsp3) is 0.462. The zero-order valence-electron chi connectivity index (χ0n) is 11.0. The maximum Gasteiger partial charge on any atom is 0.341 e. The van der Waals surface area contributed by atoms with Gasteiger partial charge in [0.05, 0.1) is 5.56 Å². The van der Waals surface area contributed by atoms with E-state index in [1.165, 1.54) is 12.3 Å². The molecule has 0 aliphatic carbocycles. The Bertz CT molecular complexity index is 451. The number of pyridine rings is 1. The monoisotopic (exact) mass is 284 g/mol. The van der Waals surface area contributed by atoms with Crippen molar-refractivity contribution in [1.29, 1.82) is 0 Å². The van der Waals surface area contributed by atoms with Crippen LogP contribution in [-0.2, 0) is 9.53 Å². The topological polar surface area (TPSA) is 68.3 Å². The molecule has 0 unspecified atom stereocenters. The third kappa shape index (κ3) is 5.26. The van der Waals surface area contributed by atoms with Crippen molar-refractivity contribution in [2.45, 2.75) is 32.7 Å². The van der Waals surface area contributed by atoms with Crippen molar-refractivity contribution < 1.29 is 14.3 Å². The van der Waals surface area contributed by atoms with Crippen molar-refractivity contribution >= 4 is 23.5 Å². The number of nitrogens with one attached hydrogen (secondary N) is 1. The second kappa shape index (κ2) is 7.74. The summed E-state index contributed by atoms with van der Waals surface area (Å²) in [5, 5.41) is 2.80. The molecular weight excluding hydrogens is 268 g/mol. The highest BCUT2D eigenvalue weighted by Gasteiger charge is 2.14. The molecule has 1 atom stereocenters. The van der Waals surface area contributed by atoms with E-state index in [2.05, 4.69) is 10.3 Å². The van der Waals surface area contributed by atoms with Crippen LogP contribution in [0.4, 0.5) is 0 Å². The SMILES string of the molecule is CCC[C@@H](C)NC(=O)COC(=O)c1cccnc1Cl. The zero-order chi connectivity index (χ0) is 14.3. The van der Waals surface area contributed by atoms with Gasteiger partial charge in [0, 0.05) is 12.2 Å². The van der Waals surface area contributed by atoms with Crippen molar-refractivity contribution in [3.05, 3.63) is 29.0 Å². The third-order valence-electron chi connectivity index (χ3n) is 2.44. The molecule has 104 valence electrons. The second-order valence-corrected chi connectivity index (χ2v) is 4.53. The molecule has 0 saturated heterocycles. The number of carbonyl (C=O) groups excluding carboxylic acids is 2. The van der Waals surface area contributed by atoms with Crippen molar-refractivity contribution in [1.82, 2.24) is 10.3 Å². The highest BCUT2D eigenvalue weighted by atomic mass is 35.5. The van der Waals surface area contributed by atoms with Gasteiger partial charge in [-0.15, -0.1) is 0 Å². The summed E-state index contributed by atoms with van der Waals surface area (Å²) >= 11 is 5.75. The first-order valence-electron chi connectivity index (χ1n) is 6.11. The second-order valence-electron chi connectivity index (χ2n) is 4.18. The van der Waals surface area contributed by atoms with Gasteiger partial charge in [-0.3, -0.25) is 4.79 Å². The number of hydrogen-bond donors (Lipinski definition) is 1. The number of halogens is 1. The lowest BCUT2D eigenvalue weighted by Gasteiger charge is -2.12. The van der Waals surface area contributed by atoms with Gasteiger partial charge in [0.2, 0.25) is 0 Å². The van der Waals surface area contributed by atoms with Gasteiger partial charge in [-0.2, -0.15) is 0 Å². The summed E-state index contributed by atoms with van der Waals surface area (Å²) in [5.41, 5.74) is 0.151. The minimum absolute atomic E-state index is 0.0623. The molecule has 1 rings (SSSR count). The molecule has 0 bridgehead atoms. The summed E-state index contributed by atoms with van der Waals surface area (Å²) in [6, 6.07) is 3.14. The van der Waals surface area contributed by atoms with E-state index in [4.69, 9.17) is 16.3 Å². The van der Waals surface area contributed by atoms with Gasteiger partial charge in [0.25, 0.3) is 5.91 Å². The molecule has 19 heavy (non-hydrogen) atoms. The quantitative estimate of drug-likeness (QED) is 0.642.